The highest BCUT2D eigenvalue weighted by atomic mass is 32.2. The van der Waals surface area contributed by atoms with Gasteiger partial charge in [-0.3, -0.25) is 0 Å². The Bertz CT molecular complexity index is 229. The normalized spacial score (nSPS) is 14.2. The van der Waals surface area contributed by atoms with Gasteiger partial charge in [0.1, 0.15) is 0 Å². The summed E-state index contributed by atoms with van der Waals surface area (Å²) >= 11 is 0. The number of methoxy groups -OCH3 is 1. The fourth-order valence-electron chi connectivity index (χ4n) is 1.03. The van der Waals surface area contributed by atoms with Crippen molar-refractivity contribution < 1.29 is 13.2 Å². The number of sulfonamides is 1. The first kappa shape index (κ1) is 13.8. The quantitative estimate of drug-likeness (QED) is 0.548. The summed E-state index contributed by atoms with van der Waals surface area (Å²) in [5.74, 6) is 0.106. The van der Waals surface area contributed by atoms with Crippen molar-refractivity contribution in [1.82, 2.24) is 10.0 Å². The molecule has 0 bridgehead atoms. The zero-order valence-corrected chi connectivity index (χ0v) is 9.86. The van der Waals surface area contributed by atoms with Gasteiger partial charge in [-0.05, 0) is 13.5 Å². The van der Waals surface area contributed by atoms with Crippen molar-refractivity contribution in [1.29, 1.82) is 0 Å². The summed E-state index contributed by atoms with van der Waals surface area (Å²) in [6.45, 7) is 5.36. The van der Waals surface area contributed by atoms with Crippen LogP contribution >= 0.6 is 0 Å². The van der Waals surface area contributed by atoms with Crippen LogP contribution in [-0.4, -0.2) is 47.0 Å². The Morgan fingerprint density at radius 2 is 2.07 bits per heavy atom. The molecule has 1 atom stereocenters. The third kappa shape index (κ3) is 7.25. The predicted octanol–water partition coefficient (Wildman–Crippen LogP) is -0.450. The second kappa shape index (κ2) is 7.17. The first-order valence-corrected chi connectivity index (χ1v) is 6.36. The molecule has 1 unspecified atom stereocenters. The SMILES string of the molecule is CCNCCS(=O)(=O)NC(C)COC. The topological polar surface area (TPSA) is 67.4 Å². The average Bonchev–Trinajstić information content (AvgIpc) is 2.03. The summed E-state index contributed by atoms with van der Waals surface area (Å²) in [7, 11) is -1.62. The Morgan fingerprint density at radius 3 is 2.57 bits per heavy atom. The van der Waals surface area contributed by atoms with E-state index < -0.39 is 10.0 Å². The Hall–Kier alpha value is -0.170. The number of rotatable bonds is 8. The summed E-state index contributed by atoms with van der Waals surface area (Å²) < 4.78 is 30.1. The molecule has 6 heteroatoms. The highest BCUT2D eigenvalue weighted by Crippen LogP contribution is 1.89. The van der Waals surface area contributed by atoms with E-state index in [1.165, 1.54) is 0 Å². The van der Waals surface area contributed by atoms with Gasteiger partial charge >= 0.3 is 0 Å². The minimum absolute atomic E-state index is 0.106. The van der Waals surface area contributed by atoms with Crippen molar-refractivity contribution >= 4 is 10.0 Å². The van der Waals surface area contributed by atoms with Crippen LogP contribution in [0.15, 0.2) is 0 Å². The van der Waals surface area contributed by atoms with Crippen molar-refractivity contribution in [2.24, 2.45) is 0 Å². The molecule has 0 spiro atoms. The van der Waals surface area contributed by atoms with Gasteiger partial charge in [-0.1, -0.05) is 6.92 Å². The number of nitrogens with one attached hydrogen (secondary N) is 2. The third-order valence-corrected chi connectivity index (χ3v) is 3.10. The van der Waals surface area contributed by atoms with Gasteiger partial charge in [-0.25, -0.2) is 13.1 Å². The fourth-order valence-corrected chi connectivity index (χ4v) is 2.24. The van der Waals surface area contributed by atoms with Crippen molar-refractivity contribution in [2.75, 3.05) is 32.6 Å². The molecule has 0 rings (SSSR count). The van der Waals surface area contributed by atoms with E-state index in [9.17, 15) is 8.42 Å². The molecule has 0 amide bonds. The average molecular weight is 224 g/mol. The summed E-state index contributed by atoms with van der Waals surface area (Å²) in [6, 6.07) is -0.174. The fraction of sp³-hybridized carbons (Fsp3) is 1.00. The molecule has 0 fully saturated rings. The minimum atomic E-state index is -3.17. The molecule has 14 heavy (non-hydrogen) atoms. The highest BCUT2D eigenvalue weighted by molar-refractivity contribution is 7.89. The molecule has 0 aromatic rings. The van der Waals surface area contributed by atoms with Crippen LogP contribution in [0.4, 0.5) is 0 Å². The van der Waals surface area contributed by atoms with Crippen LogP contribution in [0.1, 0.15) is 13.8 Å². The van der Waals surface area contributed by atoms with E-state index in [0.717, 1.165) is 6.54 Å². The maximum atomic E-state index is 11.4. The smallest absolute Gasteiger partial charge is 0.213 e. The molecule has 0 heterocycles. The predicted molar refractivity (Wildman–Crippen MR) is 56.8 cm³/mol. The van der Waals surface area contributed by atoms with Crippen molar-refractivity contribution in [3.05, 3.63) is 0 Å². The third-order valence-electron chi connectivity index (χ3n) is 1.59. The van der Waals surface area contributed by atoms with E-state index in [1.807, 2.05) is 6.92 Å². The Morgan fingerprint density at radius 1 is 1.43 bits per heavy atom. The Balaban J connectivity index is 3.82. The lowest BCUT2D eigenvalue weighted by Crippen LogP contribution is -2.39. The van der Waals surface area contributed by atoms with Crippen molar-refractivity contribution in [2.45, 2.75) is 19.9 Å². The first-order chi connectivity index (χ1) is 6.52. The molecule has 0 aliphatic carbocycles. The summed E-state index contributed by atoms with van der Waals surface area (Å²) in [6.07, 6.45) is 0. The molecule has 5 nitrogen and oxygen atoms in total. The van der Waals surface area contributed by atoms with Crippen LogP contribution in [0.5, 0.6) is 0 Å². The van der Waals surface area contributed by atoms with Gasteiger partial charge in [0.25, 0.3) is 0 Å². The van der Waals surface area contributed by atoms with Gasteiger partial charge < -0.3 is 10.1 Å². The van der Waals surface area contributed by atoms with Crippen molar-refractivity contribution in [3.63, 3.8) is 0 Å². The molecule has 0 aromatic carbocycles. The maximum absolute atomic E-state index is 11.4. The number of hydrogen-bond acceptors (Lipinski definition) is 4. The highest BCUT2D eigenvalue weighted by Gasteiger charge is 2.13. The molecule has 86 valence electrons. The van der Waals surface area contributed by atoms with E-state index in [-0.39, 0.29) is 11.8 Å². The molecule has 0 radical (unpaired) electrons. The Kier molecular flexibility index (Phi) is 7.08. The van der Waals surface area contributed by atoms with Crippen LogP contribution in [0.2, 0.25) is 0 Å². The number of ether oxygens (including phenoxy) is 1. The van der Waals surface area contributed by atoms with Gasteiger partial charge in [-0.15, -0.1) is 0 Å². The molecule has 0 saturated carbocycles. The van der Waals surface area contributed by atoms with Crippen LogP contribution in [0, 0.1) is 0 Å². The van der Waals surface area contributed by atoms with Crippen LogP contribution in [0.3, 0.4) is 0 Å². The molecule has 0 aromatic heterocycles. The van der Waals surface area contributed by atoms with E-state index in [0.29, 0.717) is 13.2 Å². The van der Waals surface area contributed by atoms with Gasteiger partial charge in [-0.2, -0.15) is 0 Å². The Labute approximate surface area is 86.3 Å². The van der Waals surface area contributed by atoms with Gasteiger partial charge in [0, 0.05) is 19.7 Å². The molecular formula is C8H20N2O3S. The van der Waals surface area contributed by atoms with Gasteiger partial charge in [0.15, 0.2) is 0 Å². The molecular weight excluding hydrogens is 204 g/mol. The van der Waals surface area contributed by atoms with Gasteiger partial charge in [0.2, 0.25) is 10.0 Å². The maximum Gasteiger partial charge on any atom is 0.213 e. The van der Waals surface area contributed by atoms with E-state index >= 15 is 0 Å². The monoisotopic (exact) mass is 224 g/mol. The first-order valence-electron chi connectivity index (χ1n) is 4.71. The van der Waals surface area contributed by atoms with Crippen molar-refractivity contribution in [3.8, 4) is 0 Å². The van der Waals surface area contributed by atoms with Gasteiger partial charge in [0.05, 0.1) is 12.4 Å². The summed E-state index contributed by atoms with van der Waals surface area (Å²) in [4.78, 5) is 0. The van der Waals surface area contributed by atoms with E-state index in [1.54, 1.807) is 14.0 Å². The molecule has 2 N–H and O–H groups in total. The summed E-state index contributed by atoms with van der Waals surface area (Å²) in [5, 5.41) is 2.96. The lowest BCUT2D eigenvalue weighted by molar-refractivity contribution is 0.180. The van der Waals surface area contributed by atoms with E-state index in [2.05, 4.69) is 10.0 Å². The lowest BCUT2D eigenvalue weighted by Gasteiger charge is -2.12. The second-order valence-corrected chi connectivity index (χ2v) is 5.02. The molecule has 0 aliphatic heterocycles. The van der Waals surface area contributed by atoms with Crippen LogP contribution < -0.4 is 10.0 Å². The zero-order chi connectivity index (χ0) is 11.0. The second-order valence-electron chi connectivity index (χ2n) is 3.15. The van der Waals surface area contributed by atoms with Crippen LogP contribution in [0.25, 0.3) is 0 Å². The molecule has 0 saturated heterocycles. The zero-order valence-electron chi connectivity index (χ0n) is 9.04. The molecule has 0 aliphatic rings. The van der Waals surface area contributed by atoms with Crippen LogP contribution in [-0.2, 0) is 14.8 Å². The number of hydrogen-bond donors (Lipinski definition) is 2. The minimum Gasteiger partial charge on any atom is -0.383 e. The standard InChI is InChI=1S/C8H20N2O3S/c1-4-9-5-6-14(11,12)10-8(2)7-13-3/h8-10H,4-7H2,1-3H3. The lowest BCUT2D eigenvalue weighted by atomic mass is 10.4. The largest absolute Gasteiger partial charge is 0.383 e. The van der Waals surface area contributed by atoms with E-state index in [4.69, 9.17) is 4.74 Å². The summed E-state index contributed by atoms with van der Waals surface area (Å²) in [5.41, 5.74) is 0.